The zero-order chi connectivity index (χ0) is 14.7. The summed E-state index contributed by atoms with van der Waals surface area (Å²) >= 11 is 18.1. The van der Waals surface area contributed by atoms with Crippen molar-refractivity contribution in [2.75, 3.05) is 0 Å². The molecule has 3 N–H and O–H groups in total. The lowest BCUT2D eigenvalue weighted by molar-refractivity contribution is 0.145. The van der Waals surface area contributed by atoms with Gasteiger partial charge in [-0.05, 0) is 23.3 Å². The Hall–Kier alpha value is -0.770. The summed E-state index contributed by atoms with van der Waals surface area (Å²) in [5.41, 5.74) is 7.62. The first-order valence-electron chi connectivity index (χ1n) is 6.11. The second-order valence-electron chi connectivity index (χ2n) is 4.57. The molecule has 0 aliphatic heterocycles. The molecule has 0 heterocycles. The highest BCUT2D eigenvalue weighted by atomic mass is 35.5. The predicted octanol–water partition coefficient (Wildman–Crippen LogP) is 4.25. The summed E-state index contributed by atoms with van der Waals surface area (Å²) in [6.45, 7) is 0. The third kappa shape index (κ3) is 3.66. The molecule has 0 saturated carbocycles. The summed E-state index contributed by atoms with van der Waals surface area (Å²) in [5, 5.41) is 11.4. The van der Waals surface area contributed by atoms with Gasteiger partial charge in [-0.1, -0.05) is 65.1 Å². The highest BCUT2D eigenvalue weighted by Crippen LogP contribution is 2.34. The molecule has 0 aromatic heterocycles. The average Bonchev–Trinajstić information content (AvgIpc) is 2.43. The van der Waals surface area contributed by atoms with E-state index in [2.05, 4.69) is 0 Å². The Morgan fingerprint density at radius 2 is 1.70 bits per heavy atom. The van der Waals surface area contributed by atoms with Crippen LogP contribution in [0.25, 0.3) is 0 Å². The number of rotatable bonds is 4. The zero-order valence-electron chi connectivity index (χ0n) is 10.6. The number of hydrogen-bond acceptors (Lipinski definition) is 2. The Kier molecular flexibility index (Phi) is 5.30. The van der Waals surface area contributed by atoms with Crippen LogP contribution in [0.3, 0.4) is 0 Å². The first kappa shape index (κ1) is 15.6. The van der Waals surface area contributed by atoms with Gasteiger partial charge in [0.05, 0.1) is 22.2 Å². The van der Waals surface area contributed by atoms with Gasteiger partial charge in [-0.2, -0.15) is 0 Å². The maximum Gasteiger partial charge on any atom is 0.0773 e. The summed E-state index contributed by atoms with van der Waals surface area (Å²) in [5.74, 6) is 0. The number of nitrogens with two attached hydrogens (primary N) is 1. The van der Waals surface area contributed by atoms with E-state index < -0.39 is 12.1 Å². The van der Waals surface area contributed by atoms with E-state index in [4.69, 9.17) is 40.5 Å². The van der Waals surface area contributed by atoms with Gasteiger partial charge < -0.3 is 10.8 Å². The van der Waals surface area contributed by atoms with Crippen LogP contribution in [-0.4, -0.2) is 11.2 Å². The van der Waals surface area contributed by atoms with Crippen LogP contribution in [0.1, 0.15) is 17.2 Å². The van der Waals surface area contributed by atoms with Gasteiger partial charge in [0.2, 0.25) is 0 Å². The standard InChI is InChI=1S/C15H14Cl3NO/c16-10-7-11(14(18)12(17)8-10)15(19)13(20)6-9-4-2-1-3-5-9/h1-5,7-8,13,15,20H,6,19H2/t13-,15+/m1/s1. The Morgan fingerprint density at radius 3 is 2.35 bits per heavy atom. The predicted molar refractivity (Wildman–Crippen MR) is 84.6 cm³/mol. The molecule has 0 fully saturated rings. The molecule has 2 aromatic carbocycles. The number of halogens is 3. The topological polar surface area (TPSA) is 46.2 Å². The van der Waals surface area contributed by atoms with Crippen LogP contribution in [0.4, 0.5) is 0 Å². The quantitative estimate of drug-likeness (QED) is 0.823. The zero-order valence-corrected chi connectivity index (χ0v) is 12.8. The van der Waals surface area contributed by atoms with Crippen molar-refractivity contribution in [1.82, 2.24) is 0 Å². The molecule has 2 rings (SSSR count). The van der Waals surface area contributed by atoms with Gasteiger partial charge in [0, 0.05) is 11.4 Å². The summed E-state index contributed by atoms with van der Waals surface area (Å²) in [6.07, 6.45) is -0.341. The van der Waals surface area contributed by atoms with Gasteiger partial charge in [0.15, 0.2) is 0 Å². The SMILES string of the molecule is N[C@@H](c1cc(Cl)cc(Cl)c1Cl)[C@H](O)Cc1ccccc1. The van der Waals surface area contributed by atoms with Crippen LogP contribution in [0.15, 0.2) is 42.5 Å². The Bertz CT molecular complexity index is 589. The maximum atomic E-state index is 10.3. The lowest BCUT2D eigenvalue weighted by Crippen LogP contribution is -2.28. The monoisotopic (exact) mass is 329 g/mol. The molecule has 2 nitrogen and oxygen atoms in total. The summed E-state index contributed by atoms with van der Waals surface area (Å²) in [7, 11) is 0. The van der Waals surface area contributed by atoms with Gasteiger partial charge in [-0.25, -0.2) is 0 Å². The minimum absolute atomic E-state index is 0.329. The van der Waals surface area contributed by atoms with E-state index in [1.165, 1.54) is 0 Å². The molecule has 106 valence electrons. The van der Waals surface area contributed by atoms with Gasteiger partial charge in [-0.3, -0.25) is 0 Å². The molecule has 2 aromatic rings. The van der Waals surface area contributed by atoms with Crippen LogP contribution in [0.5, 0.6) is 0 Å². The number of aliphatic hydroxyl groups excluding tert-OH is 1. The van der Waals surface area contributed by atoms with Crippen LogP contribution in [0, 0.1) is 0 Å². The molecule has 0 aliphatic carbocycles. The van der Waals surface area contributed by atoms with Crippen molar-refractivity contribution < 1.29 is 5.11 Å². The van der Waals surface area contributed by atoms with Crippen molar-refractivity contribution in [1.29, 1.82) is 0 Å². The van der Waals surface area contributed by atoms with Crippen LogP contribution < -0.4 is 5.73 Å². The van der Waals surface area contributed by atoms with Crippen molar-refractivity contribution in [2.24, 2.45) is 5.73 Å². The van der Waals surface area contributed by atoms with E-state index in [0.717, 1.165) is 5.56 Å². The van der Waals surface area contributed by atoms with Crippen LogP contribution in [-0.2, 0) is 6.42 Å². The molecule has 2 atom stereocenters. The Labute approximate surface area is 133 Å². The van der Waals surface area contributed by atoms with Crippen LogP contribution in [0.2, 0.25) is 15.1 Å². The summed E-state index contributed by atoms with van der Waals surface area (Å²) < 4.78 is 0. The fourth-order valence-electron chi connectivity index (χ4n) is 2.01. The number of hydrogen-bond donors (Lipinski definition) is 2. The van der Waals surface area contributed by atoms with E-state index in [9.17, 15) is 5.11 Å². The Balaban J connectivity index is 2.21. The fourth-order valence-corrected chi connectivity index (χ4v) is 2.75. The minimum Gasteiger partial charge on any atom is -0.391 e. The van der Waals surface area contributed by atoms with Gasteiger partial charge in [0.25, 0.3) is 0 Å². The van der Waals surface area contributed by atoms with Crippen molar-refractivity contribution in [3.63, 3.8) is 0 Å². The molecule has 5 heteroatoms. The number of benzene rings is 2. The van der Waals surface area contributed by atoms with E-state index in [1.54, 1.807) is 12.1 Å². The second kappa shape index (κ2) is 6.79. The Morgan fingerprint density at radius 1 is 1.05 bits per heavy atom. The summed E-state index contributed by atoms with van der Waals surface area (Å²) in [6, 6.07) is 12.1. The second-order valence-corrected chi connectivity index (χ2v) is 5.80. The average molecular weight is 331 g/mol. The molecule has 0 saturated heterocycles. The summed E-state index contributed by atoms with van der Waals surface area (Å²) in [4.78, 5) is 0. The highest BCUT2D eigenvalue weighted by Gasteiger charge is 2.21. The van der Waals surface area contributed by atoms with Gasteiger partial charge in [-0.15, -0.1) is 0 Å². The van der Waals surface area contributed by atoms with Crippen molar-refractivity contribution in [2.45, 2.75) is 18.6 Å². The molecular formula is C15H14Cl3NO. The third-order valence-electron chi connectivity index (χ3n) is 3.08. The smallest absolute Gasteiger partial charge is 0.0773 e. The van der Waals surface area contributed by atoms with Crippen LogP contribution >= 0.6 is 34.8 Å². The van der Waals surface area contributed by atoms with Gasteiger partial charge in [0.1, 0.15) is 0 Å². The molecular weight excluding hydrogens is 317 g/mol. The maximum absolute atomic E-state index is 10.3. The van der Waals surface area contributed by atoms with Crippen molar-refractivity contribution in [3.8, 4) is 0 Å². The molecule has 20 heavy (non-hydrogen) atoms. The minimum atomic E-state index is -0.774. The first-order valence-corrected chi connectivity index (χ1v) is 7.24. The molecule has 0 bridgehead atoms. The molecule has 0 radical (unpaired) electrons. The molecule has 0 unspecified atom stereocenters. The third-order valence-corrected chi connectivity index (χ3v) is 4.12. The molecule has 0 aliphatic rings. The lowest BCUT2D eigenvalue weighted by Gasteiger charge is -2.21. The van der Waals surface area contributed by atoms with Crippen molar-refractivity contribution >= 4 is 34.8 Å². The van der Waals surface area contributed by atoms with Crippen molar-refractivity contribution in [3.05, 3.63) is 68.7 Å². The normalized spacial score (nSPS) is 14.1. The molecule has 0 amide bonds. The van der Waals surface area contributed by atoms with E-state index in [-0.39, 0.29) is 0 Å². The fraction of sp³-hybridized carbons (Fsp3) is 0.200. The highest BCUT2D eigenvalue weighted by molar-refractivity contribution is 6.43. The largest absolute Gasteiger partial charge is 0.391 e. The van der Waals surface area contributed by atoms with E-state index >= 15 is 0 Å². The molecule has 0 spiro atoms. The van der Waals surface area contributed by atoms with E-state index in [0.29, 0.717) is 27.1 Å². The van der Waals surface area contributed by atoms with E-state index in [1.807, 2.05) is 30.3 Å². The first-order chi connectivity index (χ1) is 9.49. The number of aliphatic hydroxyl groups is 1. The lowest BCUT2D eigenvalue weighted by atomic mass is 9.97. The van der Waals surface area contributed by atoms with Gasteiger partial charge >= 0.3 is 0 Å².